The first-order chi connectivity index (χ1) is 8.02. The summed E-state index contributed by atoms with van der Waals surface area (Å²) in [5.74, 6) is -0.336. The van der Waals surface area contributed by atoms with E-state index < -0.39 is 5.82 Å². The summed E-state index contributed by atoms with van der Waals surface area (Å²) >= 11 is 9.21. The Morgan fingerprint density at radius 3 is 2.82 bits per heavy atom. The average molecular weight is 319 g/mol. The minimum Gasteiger partial charge on any atom is -0.309 e. The van der Waals surface area contributed by atoms with Crippen molar-refractivity contribution in [3.05, 3.63) is 40.1 Å². The second-order valence-electron chi connectivity index (χ2n) is 3.92. The van der Waals surface area contributed by atoms with Crippen LogP contribution in [0.4, 0.5) is 10.1 Å². The second kappa shape index (κ2) is 4.78. The first kappa shape index (κ1) is 12.6. The maximum absolute atomic E-state index is 13.1. The van der Waals surface area contributed by atoms with Gasteiger partial charge in [0, 0.05) is 23.4 Å². The van der Waals surface area contributed by atoms with Crippen molar-refractivity contribution in [1.82, 2.24) is 0 Å². The molecule has 1 atom stereocenters. The van der Waals surface area contributed by atoms with Crippen LogP contribution in [-0.2, 0) is 4.79 Å². The summed E-state index contributed by atoms with van der Waals surface area (Å²) in [7, 11) is 0. The molecule has 2 nitrogen and oxygen atoms in total. The van der Waals surface area contributed by atoms with E-state index in [1.165, 1.54) is 12.1 Å². The van der Waals surface area contributed by atoms with Gasteiger partial charge in [-0.25, -0.2) is 4.39 Å². The lowest BCUT2D eigenvalue weighted by Gasteiger charge is -2.19. The number of halogens is 3. The number of anilines is 1. The van der Waals surface area contributed by atoms with Crippen molar-refractivity contribution < 1.29 is 9.18 Å². The van der Waals surface area contributed by atoms with E-state index in [1.54, 1.807) is 11.0 Å². The van der Waals surface area contributed by atoms with Gasteiger partial charge in [-0.2, -0.15) is 0 Å². The van der Waals surface area contributed by atoms with Crippen LogP contribution in [0.25, 0.3) is 0 Å². The van der Waals surface area contributed by atoms with Crippen molar-refractivity contribution in [2.45, 2.75) is 6.42 Å². The van der Waals surface area contributed by atoms with Crippen LogP contribution in [0.3, 0.4) is 0 Å². The maximum atomic E-state index is 13.1. The fourth-order valence-corrected chi connectivity index (χ4v) is 2.97. The Morgan fingerprint density at radius 1 is 1.59 bits per heavy atom. The molecule has 17 heavy (non-hydrogen) atoms. The lowest BCUT2D eigenvalue weighted by atomic mass is 10.1. The third kappa shape index (κ3) is 2.38. The van der Waals surface area contributed by atoms with Crippen LogP contribution in [0.1, 0.15) is 6.42 Å². The number of rotatable bonds is 2. The van der Waals surface area contributed by atoms with Gasteiger partial charge >= 0.3 is 0 Å². The lowest BCUT2D eigenvalue weighted by molar-refractivity contribution is -0.117. The molecule has 1 heterocycles. The summed E-state index contributed by atoms with van der Waals surface area (Å²) in [5, 5.41) is 0.231. The van der Waals surface area contributed by atoms with Crippen molar-refractivity contribution in [2.75, 3.05) is 11.4 Å². The predicted octanol–water partition coefficient (Wildman–Crippen LogP) is 3.78. The summed E-state index contributed by atoms with van der Waals surface area (Å²) in [6.45, 7) is 4.21. The molecule has 1 fully saturated rings. The normalized spacial score (nSPS) is 19.8. The Labute approximate surface area is 112 Å². The molecule has 0 spiro atoms. The number of hydrogen-bond donors (Lipinski definition) is 0. The molecule has 2 rings (SSSR count). The highest BCUT2D eigenvalue weighted by Gasteiger charge is 2.31. The zero-order chi connectivity index (χ0) is 12.6. The van der Waals surface area contributed by atoms with Crippen LogP contribution >= 0.6 is 27.5 Å². The molecule has 1 amide bonds. The number of carbonyl (C=O) groups is 1. The van der Waals surface area contributed by atoms with E-state index in [0.717, 1.165) is 0 Å². The largest absolute Gasteiger partial charge is 0.309 e. The fraction of sp³-hybridized carbons (Fsp3) is 0.250. The third-order valence-electron chi connectivity index (χ3n) is 2.74. The van der Waals surface area contributed by atoms with Crippen molar-refractivity contribution in [3.63, 3.8) is 0 Å². The van der Waals surface area contributed by atoms with Crippen LogP contribution in [0, 0.1) is 11.7 Å². The summed E-state index contributed by atoms with van der Waals surface area (Å²) < 4.78 is 13.6. The standard InChI is InChI=1S/C12H10BrClFNO/c1-2-7-3-11(17)16(6-7)12-9(13)4-8(15)5-10(12)14/h2,4-5,7H,1,3,6H2. The van der Waals surface area contributed by atoms with E-state index in [0.29, 0.717) is 23.1 Å². The zero-order valence-corrected chi connectivity index (χ0v) is 11.3. The van der Waals surface area contributed by atoms with Gasteiger partial charge in [-0.15, -0.1) is 6.58 Å². The van der Waals surface area contributed by atoms with Gasteiger partial charge in [0.1, 0.15) is 5.82 Å². The number of nitrogens with zero attached hydrogens (tertiary/aromatic N) is 1. The quantitative estimate of drug-likeness (QED) is 0.760. The van der Waals surface area contributed by atoms with Crippen molar-refractivity contribution in [1.29, 1.82) is 0 Å². The van der Waals surface area contributed by atoms with Gasteiger partial charge in [0.15, 0.2) is 0 Å². The SMILES string of the molecule is C=CC1CC(=O)N(c2c(Cl)cc(F)cc2Br)C1. The number of carbonyl (C=O) groups excluding carboxylic acids is 1. The van der Waals surface area contributed by atoms with Crippen molar-refractivity contribution >= 4 is 39.1 Å². The first-order valence-corrected chi connectivity index (χ1v) is 6.27. The Hall–Kier alpha value is -0.870. The predicted molar refractivity (Wildman–Crippen MR) is 69.8 cm³/mol. The smallest absolute Gasteiger partial charge is 0.227 e. The Balaban J connectivity index is 2.41. The van der Waals surface area contributed by atoms with Crippen LogP contribution < -0.4 is 4.90 Å². The van der Waals surface area contributed by atoms with Gasteiger partial charge < -0.3 is 4.90 Å². The second-order valence-corrected chi connectivity index (χ2v) is 5.18. The summed E-state index contributed by atoms with van der Waals surface area (Å²) in [4.78, 5) is 13.4. The molecule has 1 aromatic carbocycles. The highest BCUT2D eigenvalue weighted by atomic mass is 79.9. The molecule has 1 unspecified atom stereocenters. The molecule has 5 heteroatoms. The molecule has 0 bridgehead atoms. The molecular weight excluding hydrogens is 308 g/mol. The molecule has 1 saturated heterocycles. The third-order valence-corrected chi connectivity index (χ3v) is 3.63. The number of amides is 1. The van der Waals surface area contributed by atoms with Gasteiger partial charge in [-0.05, 0) is 28.1 Å². The molecule has 0 aromatic heterocycles. The van der Waals surface area contributed by atoms with Gasteiger partial charge in [-0.1, -0.05) is 17.7 Å². The van der Waals surface area contributed by atoms with Crippen molar-refractivity contribution in [3.8, 4) is 0 Å². The van der Waals surface area contributed by atoms with E-state index in [2.05, 4.69) is 22.5 Å². The molecule has 0 radical (unpaired) electrons. The van der Waals surface area contributed by atoms with Gasteiger partial charge in [0.25, 0.3) is 0 Å². The highest BCUT2D eigenvalue weighted by Crippen LogP contribution is 2.38. The van der Waals surface area contributed by atoms with E-state index in [1.807, 2.05) is 0 Å². The highest BCUT2D eigenvalue weighted by molar-refractivity contribution is 9.10. The van der Waals surface area contributed by atoms with Gasteiger partial charge in [0.2, 0.25) is 5.91 Å². The molecule has 1 aromatic rings. The average Bonchev–Trinajstić information content (AvgIpc) is 2.59. The topological polar surface area (TPSA) is 20.3 Å². The number of benzene rings is 1. The van der Waals surface area contributed by atoms with Gasteiger partial charge in [0.05, 0.1) is 10.7 Å². The molecular formula is C12H10BrClFNO. The summed E-state index contributed by atoms with van der Waals surface area (Å²) in [5.41, 5.74) is 0.530. The molecule has 90 valence electrons. The molecule has 0 aliphatic carbocycles. The first-order valence-electron chi connectivity index (χ1n) is 5.10. The molecule has 0 N–H and O–H groups in total. The van der Waals surface area contributed by atoms with Gasteiger partial charge in [-0.3, -0.25) is 4.79 Å². The summed E-state index contributed by atoms with van der Waals surface area (Å²) in [6.07, 6.45) is 2.17. The fourth-order valence-electron chi connectivity index (χ4n) is 1.90. The Kier molecular flexibility index (Phi) is 3.54. The number of hydrogen-bond acceptors (Lipinski definition) is 1. The minimum atomic E-state index is -0.433. The molecule has 1 aliphatic rings. The molecule has 0 saturated carbocycles. The van der Waals surface area contributed by atoms with Crippen LogP contribution in [0.5, 0.6) is 0 Å². The van der Waals surface area contributed by atoms with E-state index in [4.69, 9.17) is 11.6 Å². The molecule has 1 aliphatic heterocycles. The Bertz CT molecular complexity index is 468. The minimum absolute atomic E-state index is 0.0240. The van der Waals surface area contributed by atoms with Crippen molar-refractivity contribution in [2.24, 2.45) is 5.92 Å². The van der Waals surface area contributed by atoms with Crippen LogP contribution in [0.15, 0.2) is 29.3 Å². The van der Waals surface area contributed by atoms with Crippen LogP contribution in [0.2, 0.25) is 5.02 Å². The lowest BCUT2D eigenvalue weighted by Crippen LogP contribution is -2.25. The van der Waals surface area contributed by atoms with E-state index in [9.17, 15) is 9.18 Å². The Morgan fingerprint density at radius 2 is 2.29 bits per heavy atom. The van der Waals surface area contributed by atoms with E-state index in [-0.39, 0.29) is 16.8 Å². The monoisotopic (exact) mass is 317 g/mol. The van der Waals surface area contributed by atoms with E-state index >= 15 is 0 Å². The maximum Gasteiger partial charge on any atom is 0.227 e. The van der Waals surface area contributed by atoms with Crippen LogP contribution in [-0.4, -0.2) is 12.5 Å². The summed E-state index contributed by atoms with van der Waals surface area (Å²) in [6, 6.07) is 2.51. The zero-order valence-electron chi connectivity index (χ0n) is 8.92.